The van der Waals surface area contributed by atoms with E-state index < -0.39 is 6.17 Å². The quantitative estimate of drug-likeness (QED) is 0.522. The molecule has 1 aromatic heterocycles. The maximum absolute atomic E-state index is 13.5. The molecule has 9 nitrogen and oxygen atoms in total. The van der Waals surface area contributed by atoms with Gasteiger partial charge >= 0.3 is 0 Å². The van der Waals surface area contributed by atoms with E-state index in [9.17, 15) is 19.2 Å². The largest absolute Gasteiger partial charge is 0.355 e. The predicted octanol–water partition coefficient (Wildman–Crippen LogP) is 2.59. The lowest BCUT2D eigenvalue weighted by molar-refractivity contribution is -0.121. The standard InChI is InChI=1S/C31H31N5O4/c37-27(32-13-15-33-17-20-16-21(19-33)25-10-5-11-28(38)35(25)18-20)12-14-34-29-22-6-1-2-7-23(22)31(40)36(29)26-9-4-3-8-24(26)30(34)39/h1-11,20-21,29H,12-19H2,(H,32,37)/t20-,21+,29?/m1/s1. The highest BCUT2D eigenvalue weighted by atomic mass is 16.2. The number of piperidine rings is 1. The Labute approximate surface area is 232 Å². The summed E-state index contributed by atoms with van der Waals surface area (Å²) in [7, 11) is 0. The maximum Gasteiger partial charge on any atom is 0.260 e. The van der Waals surface area contributed by atoms with Crippen LogP contribution in [0.2, 0.25) is 0 Å². The molecule has 7 rings (SSSR count). The molecular formula is C31H31N5O4. The second-order valence-corrected chi connectivity index (χ2v) is 11.2. The first kappa shape index (κ1) is 24.8. The Morgan fingerprint density at radius 1 is 0.825 bits per heavy atom. The van der Waals surface area contributed by atoms with Crippen LogP contribution in [-0.2, 0) is 11.3 Å². The summed E-state index contributed by atoms with van der Waals surface area (Å²) < 4.78 is 1.93. The average molecular weight is 538 g/mol. The third kappa shape index (κ3) is 4.03. The van der Waals surface area contributed by atoms with E-state index in [1.807, 2.05) is 34.9 Å². The number of nitrogens with one attached hydrogen (secondary N) is 1. The van der Waals surface area contributed by atoms with Crippen molar-refractivity contribution in [1.29, 1.82) is 0 Å². The van der Waals surface area contributed by atoms with Gasteiger partial charge in [-0.05, 0) is 36.6 Å². The van der Waals surface area contributed by atoms with Gasteiger partial charge in [0, 0.05) is 74.5 Å². The van der Waals surface area contributed by atoms with Crippen LogP contribution in [0.5, 0.6) is 0 Å². The van der Waals surface area contributed by atoms with Crippen LogP contribution in [0.15, 0.2) is 71.5 Å². The van der Waals surface area contributed by atoms with Crippen LogP contribution in [0.25, 0.3) is 0 Å². The molecule has 3 amide bonds. The fourth-order valence-corrected chi connectivity index (χ4v) is 7.04. The molecule has 9 heteroatoms. The Morgan fingerprint density at radius 2 is 1.62 bits per heavy atom. The van der Waals surface area contributed by atoms with Gasteiger partial charge in [0.25, 0.3) is 17.4 Å². The first-order chi connectivity index (χ1) is 19.5. The van der Waals surface area contributed by atoms with Gasteiger partial charge in [0.15, 0.2) is 0 Å². The third-order valence-corrected chi connectivity index (χ3v) is 8.77. The summed E-state index contributed by atoms with van der Waals surface area (Å²) in [5.74, 6) is 0.354. The molecule has 0 aliphatic carbocycles. The number of likely N-dealkylation sites (tertiary alicyclic amines) is 1. The number of amides is 3. The molecule has 1 N–H and O–H groups in total. The molecular weight excluding hydrogens is 506 g/mol. The minimum absolute atomic E-state index is 0.0807. The van der Waals surface area contributed by atoms with Crippen molar-refractivity contribution in [3.05, 3.63) is 99.5 Å². The number of nitrogens with zero attached hydrogens (tertiary/aromatic N) is 4. The normalized spacial score (nSPS) is 22.9. The molecule has 4 aliphatic heterocycles. The molecule has 0 radical (unpaired) electrons. The molecule has 3 aromatic rings. The molecule has 0 spiro atoms. The number of hydrogen-bond acceptors (Lipinski definition) is 5. The SMILES string of the molecule is O=C(CCN1C(=O)c2ccccc2N2C(=O)c3ccccc3C12)NCCN1C[C@H]2C[C@@H](C1)c1cccc(=O)n1C2. The van der Waals surface area contributed by atoms with E-state index in [2.05, 4.69) is 16.3 Å². The molecule has 1 fully saturated rings. The summed E-state index contributed by atoms with van der Waals surface area (Å²) in [5.41, 5.74) is 3.65. The minimum atomic E-state index is -0.554. The Hall–Kier alpha value is -4.24. The number of anilines is 1. The van der Waals surface area contributed by atoms with Crippen LogP contribution in [0.1, 0.15) is 56.9 Å². The van der Waals surface area contributed by atoms with E-state index in [-0.39, 0.29) is 36.2 Å². The van der Waals surface area contributed by atoms with Crippen LogP contribution in [-0.4, -0.2) is 64.8 Å². The fraction of sp³-hybridized carbons (Fsp3) is 0.355. The second-order valence-electron chi connectivity index (χ2n) is 11.2. The zero-order valence-corrected chi connectivity index (χ0v) is 22.2. The minimum Gasteiger partial charge on any atom is -0.355 e. The van der Waals surface area contributed by atoms with Gasteiger partial charge in [0.05, 0.1) is 11.3 Å². The van der Waals surface area contributed by atoms with Crippen molar-refractivity contribution < 1.29 is 14.4 Å². The van der Waals surface area contributed by atoms with E-state index >= 15 is 0 Å². The van der Waals surface area contributed by atoms with E-state index in [1.165, 1.54) is 0 Å². The van der Waals surface area contributed by atoms with Gasteiger partial charge in [-0.25, -0.2) is 0 Å². The first-order valence-corrected chi connectivity index (χ1v) is 14.0. The summed E-state index contributed by atoms with van der Waals surface area (Å²) in [5, 5.41) is 3.03. The second kappa shape index (κ2) is 9.75. The van der Waals surface area contributed by atoms with Crippen molar-refractivity contribution in [2.75, 3.05) is 37.6 Å². The number of carbonyl (C=O) groups is 3. The van der Waals surface area contributed by atoms with Crippen LogP contribution < -0.4 is 15.8 Å². The number of para-hydroxylation sites is 1. The van der Waals surface area contributed by atoms with Crippen molar-refractivity contribution in [2.45, 2.75) is 31.5 Å². The van der Waals surface area contributed by atoms with E-state index in [0.717, 1.165) is 43.9 Å². The van der Waals surface area contributed by atoms with Gasteiger partial charge in [0.2, 0.25) is 5.91 Å². The summed E-state index contributed by atoms with van der Waals surface area (Å²) in [4.78, 5) is 57.7. The monoisotopic (exact) mass is 537 g/mol. The van der Waals surface area contributed by atoms with Crippen LogP contribution >= 0.6 is 0 Å². The molecule has 40 heavy (non-hydrogen) atoms. The molecule has 204 valence electrons. The van der Waals surface area contributed by atoms with E-state index in [4.69, 9.17) is 0 Å². The highest BCUT2D eigenvalue weighted by molar-refractivity contribution is 6.16. The van der Waals surface area contributed by atoms with Crippen molar-refractivity contribution in [2.24, 2.45) is 5.92 Å². The molecule has 1 unspecified atom stereocenters. The molecule has 4 aliphatic rings. The van der Waals surface area contributed by atoms with Crippen LogP contribution in [0.3, 0.4) is 0 Å². The lowest BCUT2D eigenvalue weighted by Gasteiger charge is -2.42. The Balaban J connectivity index is 0.991. The van der Waals surface area contributed by atoms with Crippen molar-refractivity contribution in [1.82, 2.24) is 19.7 Å². The van der Waals surface area contributed by atoms with E-state index in [0.29, 0.717) is 35.2 Å². The van der Waals surface area contributed by atoms with Gasteiger partial charge in [-0.3, -0.25) is 24.1 Å². The number of hydrogen-bond donors (Lipinski definition) is 1. The Morgan fingerprint density at radius 3 is 2.50 bits per heavy atom. The predicted molar refractivity (Wildman–Crippen MR) is 149 cm³/mol. The number of benzene rings is 2. The van der Waals surface area contributed by atoms with Gasteiger partial charge in [-0.2, -0.15) is 0 Å². The summed E-state index contributed by atoms with van der Waals surface area (Å²) >= 11 is 0. The average Bonchev–Trinajstić information content (AvgIpc) is 3.26. The molecule has 2 aromatic carbocycles. The van der Waals surface area contributed by atoms with Gasteiger partial charge < -0.3 is 19.7 Å². The topological polar surface area (TPSA) is 95.0 Å². The van der Waals surface area contributed by atoms with Gasteiger partial charge in [-0.15, -0.1) is 0 Å². The Kier molecular flexibility index (Phi) is 6.04. The summed E-state index contributed by atoms with van der Waals surface area (Å²) in [6.45, 7) is 4.02. The fourth-order valence-electron chi connectivity index (χ4n) is 7.04. The third-order valence-electron chi connectivity index (χ3n) is 8.77. The summed E-state index contributed by atoms with van der Waals surface area (Å²) in [6, 6.07) is 20.1. The molecule has 5 heterocycles. The van der Waals surface area contributed by atoms with Gasteiger partial charge in [0.1, 0.15) is 6.17 Å². The lowest BCUT2D eigenvalue weighted by Crippen LogP contribution is -2.50. The van der Waals surface area contributed by atoms with Gasteiger partial charge in [-0.1, -0.05) is 36.4 Å². The number of pyridine rings is 1. The zero-order valence-electron chi connectivity index (χ0n) is 22.2. The number of carbonyl (C=O) groups excluding carboxylic acids is 3. The smallest absolute Gasteiger partial charge is 0.260 e. The van der Waals surface area contributed by atoms with E-state index in [1.54, 1.807) is 40.1 Å². The first-order valence-electron chi connectivity index (χ1n) is 14.0. The number of rotatable bonds is 6. The molecule has 1 saturated heterocycles. The number of fused-ring (bicyclic) bond motifs is 9. The van der Waals surface area contributed by atoms with Crippen molar-refractivity contribution in [3.63, 3.8) is 0 Å². The number of aromatic nitrogens is 1. The zero-order chi connectivity index (χ0) is 27.4. The molecule has 2 bridgehead atoms. The van der Waals surface area contributed by atoms with Crippen LogP contribution in [0, 0.1) is 5.92 Å². The summed E-state index contributed by atoms with van der Waals surface area (Å²) in [6.07, 6.45) is 0.696. The van der Waals surface area contributed by atoms with Crippen LogP contribution in [0.4, 0.5) is 5.69 Å². The van der Waals surface area contributed by atoms with Crippen molar-refractivity contribution in [3.8, 4) is 0 Å². The highest BCUT2D eigenvalue weighted by Crippen LogP contribution is 2.45. The molecule has 0 saturated carbocycles. The Bertz CT molecular complexity index is 1580. The van der Waals surface area contributed by atoms with Crippen molar-refractivity contribution >= 4 is 23.4 Å². The highest BCUT2D eigenvalue weighted by Gasteiger charge is 2.47. The maximum atomic E-state index is 13.5. The molecule has 3 atom stereocenters. The lowest BCUT2D eigenvalue weighted by atomic mass is 9.83.